The first-order valence-corrected chi connectivity index (χ1v) is 14.0. The molecule has 6 N–H and O–H groups in total. The van der Waals surface area contributed by atoms with Crippen LogP contribution in [-0.2, 0) is 20.9 Å². The molecule has 2 amide bonds. The van der Waals surface area contributed by atoms with Crippen LogP contribution in [0.3, 0.4) is 0 Å². The van der Waals surface area contributed by atoms with E-state index in [1.165, 1.54) is 30.3 Å². The largest absolute Gasteiger partial charge is 0.392 e. The molecule has 0 saturated heterocycles. The lowest BCUT2D eigenvalue weighted by molar-refractivity contribution is 0.0748. The van der Waals surface area contributed by atoms with Crippen LogP contribution in [0.2, 0.25) is 0 Å². The lowest BCUT2D eigenvalue weighted by Crippen LogP contribution is -2.27. The monoisotopic (exact) mass is 566 g/mol. The number of nitrogens with one attached hydrogen (secondary N) is 3. The number of nitrogen functional groups attached to an aromatic ring is 1. The van der Waals surface area contributed by atoms with E-state index in [0.717, 1.165) is 6.26 Å². The second-order valence-electron chi connectivity index (χ2n) is 9.42. The minimum Gasteiger partial charge on any atom is -0.392 e. The fraction of sp³-hybridized carbons (Fsp3) is 0.214. The molecule has 0 aromatic heterocycles. The van der Waals surface area contributed by atoms with Gasteiger partial charge in [0.25, 0.3) is 11.8 Å². The van der Waals surface area contributed by atoms with Gasteiger partial charge in [-0.15, -0.1) is 0 Å². The van der Waals surface area contributed by atoms with E-state index in [0.29, 0.717) is 23.4 Å². The molecule has 12 heteroatoms. The number of amidine groups is 1. The third kappa shape index (κ3) is 7.74. The summed E-state index contributed by atoms with van der Waals surface area (Å²) in [5.41, 5.74) is 7.01. The molecule has 0 aliphatic carbocycles. The summed E-state index contributed by atoms with van der Waals surface area (Å²) >= 11 is 0. The Balaban J connectivity index is 2.11. The van der Waals surface area contributed by atoms with Gasteiger partial charge in [0.15, 0.2) is 0 Å². The summed E-state index contributed by atoms with van der Waals surface area (Å²) in [4.78, 5) is 39.1. The van der Waals surface area contributed by atoms with Crippen molar-refractivity contribution in [3.05, 3.63) is 88.5 Å². The van der Waals surface area contributed by atoms with Gasteiger partial charge in [-0.05, 0) is 65.1 Å². The molecule has 210 valence electrons. The van der Waals surface area contributed by atoms with Gasteiger partial charge in [-0.1, -0.05) is 32.0 Å². The summed E-state index contributed by atoms with van der Waals surface area (Å²) in [6, 6.07) is 14.8. The first-order valence-electron chi connectivity index (χ1n) is 12.1. The van der Waals surface area contributed by atoms with Crippen LogP contribution in [0.15, 0.2) is 60.7 Å². The quantitative estimate of drug-likeness (QED) is 0.141. The number of aliphatic hydroxyl groups excluding tert-OH is 1. The normalized spacial score (nSPS) is 11.1. The van der Waals surface area contributed by atoms with Crippen molar-refractivity contribution in [2.24, 2.45) is 11.7 Å². The van der Waals surface area contributed by atoms with Crippen molar-refractivity contribution < 1.29 is 32.1 Å². The Morgan fingerprint density at radius 2 is 1.52 bits per heavy atom. The molecule has 3 rings (SSSR count). The zero-order valence-electron chi connectivity index (χ0n) is 22.1. The van der Waals surface area contributed by atoms with E-state index >= 15 is 0 Å². The van der Waals surface area contributed by atoms with E-state index in [4.69, 9.17) is 11.1 Å². The van der Waals surface area contributed by atoms with Crippen molar-refractivity contribution in [1.82, 2.24) is 5.32 Å². The molecule has 0 saturated carbocycles. The smallest absolute Gasteiger partial charge is 0.354 e. The number of hydrogen-bond donors (Lipinski definition) is 5. The van der Waals surface area contributed by atoms with Gasteiger partial charge in [0, 0.05) is 28.9 Å². The summed E-state index contributed by atoms with van der Waals surface area (Å²) in [6.45, 7) is 3.84. The highest BCUT2D eigenvalue weighted by Crippen LogP contribution is 2.31. The number of carbonyl (C=O) groups is 3. The van der Waals surface area contributed by atoms with Crippen LogP contribution >= 0.6 is 0 Å². The van der Waals surface area contributed by atoms with Crippen LogP contribution in [0.4, 0.5) is 5.69 Å². The van der Waals surface area contributed by atoms with E-state index in [1.807, 2.05) is 13.8 Å². The Kier molecular flexibility index (Phi) is 9.40. The number of nitrogens with two attached hydrogens (primary N) is 1. The van der Waals surface area contributed by atoms with E-state index in [9.17, 15) is 27.9 Å². The van der Waals surface area contributed by atoms with Crippen LogP contribution in [0.5, 0.6) is 0 Å². The molecule has 0 spiro atoms. The molecule has 0 radical (unpaired) electrons. The molecule has 0 heterocycles. The molecule has 3 aromatic carbocycles. The highest BCUT2D eigenvalue weighted by molar-refractivity contribution is 7.86. The van der Waals surface area contributed by atoms with E-state index in [1.54, 1.807) is 30.3 Å². The van der Waals surface area contributed by atoms with Crippen LogP contribution in [0.1, 0.15) is 56.0 Å². The zero-order valence-corrected chi connectivity index (χ0v) is 23.0. The third-order valence-corrected chi connectivity index (χ3v) is 6.11. The molecule has 40 heavy (non-hydrogen) atoms. The summed E-state index contributed by atoms with van der Waals surface area (Å²) in [5, 5.41) is 22.6. The number of rotatable bonds is 10. The molecule has 0 aliphatic heterocycles. The SMILES string of the molecule is CC(C)CNC(=O)c1ccc(-c2ccc(CO)cc2C(=O)Nc2ccc(C(=N)N)cc2)c(C(=O)OS(C)(=O)=O)c1. The Labute approximate surface area is 232 Å². The highest BCUT2D eigenvalue weighted by Gasteiger charge is 2.24. The zero-order chi connectivity index (χ0) is 29.6. The van der Waals surface area contributed by atoms with Gasteiger partial charge in [0.2, 0.25) is 0 Å². The van der Waals surface area contributed by atoms with Crippen molar-refractivity contribution in [3.8, 4) is 11.1 Å². The van der Waals surface area contributed by atoms with Crippen molar-refractivity contribution >= 4 is 39.4 Å². The fourth-order valence-corrected chi connectivity index (χ4v) is 4.08. The number of carbonyl (C=O) groups excluding carboxylic acids is 3. The average Bonchev–Trinajstić information content (AvgIpc) is 2.90. The van der Waals surface area contributed by atoms with Crippen LogP contribution in [0.25, 0.3) is 11.1 Å². The second kappa shape index (κ2) is 12.5. The number of benzene rings is 3. The second-order valence-corrected chi connectivity index (χ2v) is 11.0. The van der Waals surface area contributed by atoms with E-state index in [2.05, 4.69) is 14.8 Å². The molecule has 0 bridgehead atoms. The summed E-state index contributed by atoms with van der Waals surface area (Å²) in [5.74, 6) is -2.26. The number of aliphatic hydroxyl groups is 1. The van der Waals surface area contributed by atoms with Crippen LogP contribution in [0, 0.1) is 11.3 Å². The maximum Gasteiger partial charge on any atom is 0.354 e. The standard InChI is InChI=1S/C28H30N4O7S/c1-16(2)14-31-26(34)19-7-11-22(24(13-19)28(36)39-40(3,37)38)21-10-4-17(15-33)12-23(21)27(35)32-20-8-5-18(6-9-20)25(29)30/h4-13,16,33H,14-15H2,1-3H3,(H3,29,30)(H,31,34)(H,32,35). The number of hydrogen-bond acceptors (Lipinski definition) is 8. The van der Waals surface area contributed by atoms with Crippen molar-refractivity contribution in [2.75, 3.05) is 18.1 Å². The maximum atomic E-state index is 13.4. The lowest BCUT2D eigenvalue weighted by atomic mass is 9.92. The first kappa shape index (κ1) is 30.0. The average molecular weight is 567 g/mol. The van der Waals surface area contributed by atoms with Crippen LogP contribution in [-0.4, -0.2) is 49.9 Å². The Hall–Kier alpha value is -4.55. The van der Waals surface area contributed by atoms with E-state index in [-0.39, 0.29) is 46.2 Å². The molecular weight excluding hydrogens is 536 g/mol. The van der Waals surface area contributed by atoms with Crippen molar-refractivity contribution in [3.63, 3.8) is 0 Å². The molecule has 0 atom stereocenters. The minimum absolute atomic E-state index is 0.0626. The predicted octanol–water partition coefficient (Wildman–Crippen LogP) is 2.88. The molecule has 0 aliphatic rings. The van der Waals surface area contributed by atoms with Crippen LogP contribution < -0.4 is 16.4 Å². The summed E-state index contributed by atoms with van der Waals surface area (Å²) in [6.07, 6.45) is 0.718. The summed E-state index contributed by atoms with van der Waals surface area (Å²) < 4.78 is 28.1. The molecule has 0 fully saturated rings. The molecular formula is C28H30N4O7S. The van der Waals surface area contributed by atoms with Gasteiger partial charge in [0.1, 0.15) is 5.84 Å². The minimum atomic E-state index is -4.20. The van der Waals surface area contributed by atoms with Gasteiger partial charge in [-0.2, -0.15) is 8.42 Å². The molecule has 0 unspecified atom stereocenters. The highest BCUT2D eigenvalue weighted by atomic mass is 32.2. The first-order chi connectivity index (χ1) is 18.8. The Bertz CT molecular complexity index is 1570. The summed E-state index contributed by atoms with van der Waals surface area (Å²) in [7, 11) is -4.20. The molecule has 3 aromatic rings. The predicted molar refractivity (Wildman–Crippen MR) is 151 cm³/mol. The number of anilines is 1. The number of amides is 2. The van der Waals surface area contributed by atoms with Gasteiger partial charge >= 0.3 is 16.1 Å². The van der Waals surface area contributed by atoms with Gasteiger partial charge in [-0.25, -0.2) is 4.79 Å². The topological polar surface area (TPSA) is 189 Å². The van der Waals surface area contributed by atoms with Crippen molar-refractivity contribution in [2.45, 2.75) is 20.5 Å². The van der Waals surface area contributed by atoms with Crippen molar-refractivity contribution in [1.29, 1.82) is 5.41 Å². The molecule has 11 nitrogen and oxygen atoms in total. The van der Waals surface area contributed by atoms with Gasteiger partial charge in [-0.3, -0.25) is 15.0 Å². The van der Waals surface area contributed by atoms with Gasteiger partial charge < -0.3 is 25.7 Å². The van der Waals surface area contributed by atoms with Gasteiger partial charge in [0.05, 0.1) is 18.4 Å². The Morgan fingerprint density at radius 3 is 2.10 bits per heavy atom. The lowest BCUT2D eigenvalue weighted by Gasteiger charge is -2.16. The fourth-order valence-electron chi connectivity index (χ4n) is 3.71. The third-order valence-electron chi connectivity index (χ3n) is 5.65. The van der Waals surface area contributed by atoms with E-state index < -0.39 is 27.9 Å². The Morgan fingerprint density at radius 1 is 0.925 bits per heavy atom. The maximum absolute atomic E-state index is 13.4.